The zero-order chi connectivity index (χ0) is 9.68. The molecule has 1 rings (SSSR count). The summed E-state index contributed by atoms with van der Waals surface area (Å²) in [7, 11) is 4.34. The van der Waals surface area contributed by atoms with Crippen molar-refractivity contribution >= 4 is 15.9 Å². The van der Waals surface area contributed by atoms with Crippen LogP contribution < -0.4 is 0 Å². The van der Waals surface area contributed by atoms with Crippen molar-refractivity contribution in [3.63, 3.8) is 0 Å². The van der Waals surface area contributed by atoms with E-state index in [2.05, 4.69) is 39.8 Å². The van der Waals surface area contributed by atoms with E-state index in [0.717, 1.165) is 11.2 Å². The summed E-state index contributed by atoms with van der Waals surface area (Å²) >= 11 is 3.49. The molecule has 1 aliphatic heterocycles. The highest BCUT2D eigenvalue weighted by Gasteiger charge is 2.18. The number of hydrogen-bond donors (Lipinski definition) is 0. The van der Waals surface area contributed by atoms with Gasteiger partial charge in [-0.2, -0.15) is 0 Å². The number of nitrogens with zero attached hydrogens (tertiary/aromatic N) is 2. The Kier molecular flexibility index (Phi) is 5.29. The highest BCUT2D eigenvalue weighted by molar-refractivity contribution is 9.09. The Morgan fingerprint density at radius 3 is 2.38 bits per heavy atom. The lowest BCUT2D eigenvalue weighted by molar-refractivity contribution is 0.170. The third-order valence-electron chi connectivity index (χ3n) is 2.73. The van der Waals surface area contributed by atoms with Crippen molar-refractivity contribution < 1.29 is 0 Å². The van der Waals surface area contributed by atoms with E-state index in [4.69, 9.17) is 0 Å². The summed E-state index contributed by atoms with van der Waals surface area (Å²) in [5, 5.41) is 1.12. The number of likely N-dealkylation sites (tertiary alicyclic amines) is 1. The predicted molar refractivity (Wildman–Crippen MR) is 61.5 cm³/mol. The van der Waals surface area contributed by atoms with Crippen LogP contribution in [0.1, 0.15) is 12.8 Å². The number of rotatable bonds is 4. The Balaban J connectivity index is 2.15. The van der Waals surface area contributed by atoms with Crippen molar-refractivity contribution in [3.05, 3.63) is 0 Å². The van der Waals surface area contributed by atoms with Gasteiger partial charge < -0.3 is 9.80 Å². The van der Waals surface area contributed by atoms with Crippen LogP contribution in [-0.2, 0) is 0 Å². The molecule has 78 valence electrons. The molecule has 13 heavy (non-hydrogen) atoms. The topological polar surface area (TPSA) is 6.48 Å². The van der Waals surface area contributed by atoms with Crippen molar-refractivity contribution in [2.24, 2.45) is 5.92 Å². The summed E-state index contributed by atoms with van der Waals surface area (Å²) < 4.78 is 0. The molecule has 0 amide bonds. The van der Waals surface area contributed by atoms with E-state index in [0.29, 0.717) is 0 Å². The van der Waals surface area contributed by atoms with E-state index in [9.17, 15) is 0 Å². The molecule has 0 saturated carbocycles. The maximum atomic E-state index is 3.49. The minimum atomic E-state index is 0.932. The van der Waals surface area contributed by atoms with Gasteiger partial charge >= 0.3 is 0 Å². The molecule has 0 bridgehead atoms. The Labute approximate surface area is 90.4 Å². The van der Waals surface area contributed by atoms with E-state index in [1.165, 1.54) is 39.0 Å². The molecule has 0 N–H and O–H groups in total. The maximum absolute atomic E-state index is 3.49. The lowest BCUT2D eigenvalue weighted by atomic mass is 9.96. The summed E-state index contributed by atoms with van der Waals surface area (Å²) in [6, 6.07) is 0. The van der Waals surface area contributed by atoms with Crippen LogP contribution in [0.2, 0.25) is 0 Å². The fraction of sp³-hybridized carbons (Fsp3) is 1.00. The van der Waals surface area contributed by atoms with Gasteiger partial charge in [-0.15, -0.1) is 0 Å². The van der Waals surface area contributed by atoms with Crippen molar-refractivity contribution in [3.8, 4) is 0 Å². The van der Waals surface area contributed by atoms with Crippen LogP contribution in [0.4, 0.5) is 0 Å². The molecule has 3 heteroatoms. The van der Waals surface area contributed by atoms with E-state index in [1.54, 1.807) is 0 Å². The first kappa shape index (κ1) is 11.5. The number of alkyl halides is 1. The predicted octanol–water partition coefficient (Wildman–Crippen LogP) is 1.65. The molecule has 0 atom stereocenters. The Morgan fingerprint density at radius 2 is 1.92 bits per heavy atom. The van der Waals surface area contributed by atoms with E-state index in [1.807, 2.05) is 0 Å². The van der Waals surface area contributed by atoms with Crippen LogP contribution in [0, 0.1) is 5.92 Å². The largest absolute Gasteiger partial charge is 0.309 e. The minimum Gasteiger partial charge on any atom is -0.309 e. The van der Waals surface area contributed by atoms with Gasteiger partial charge in [0.1, 0.15) is 0 Å². The molecule has 0 aliphatic carbocycles. The van der Waals surface area contributed by atoms with E-state index >= 15 is 0 Å². The molecule has 0 aromatic carbocycles. The molecule has 1 aliphatic rings. The van der Waals surface area contributed by atoms with E-state index < -0.39 is 0 Å². The van der Waals surface area contributed by atoms with Gasteiger partial charge in [0.05, 0.1) is 0 Å². The fourth-order valence-electron chi connectivity index (χ4n) is 2.03. The lowest BCUT2D eigenvalue weighted by Crippen LogP contribution is -2.37. The summed E-state index contributed by atoms with van der Waals surface area (Å²) in [5.41, 5.74) is 0. The average Bonchev–Trinajstić information content (AvgIpc) is 2.08. The molecule has 0 aromatic rings. The van der Waals surface area contributed by atoms with Gasteiger partial charge in [0.25, 0.3) is 0 Å². The minimum absolute atomic E-state index is 0.932. The molecule has 1 heterocycles. The molecule has 0 aromatic heterocycles. The van der Waals surface area contributed by atoms with Crippen LogP contribution in [-0.4, -0.2) is 55.4 Å². The summed E-state index contributed by atoms with van der Waals surface area (Å²) in [6.45, 7) is 5.07. The van der Waals surface area contributed by atoms with Gasteiger partial charge in [-0.05, 0) is 45.9 Å². The molecule has 0 unspecified atom stereocenters. The number of piperidine rings is 1. The quantitative estimate of drug-likeness (QED) is 0.699. The standard InChI is InChI=1S/C10H21BrN2/c1-12(2)9-10-3-6-13(7-4-10)8-5-11/h10H,3-9H2,1-2H3. The Bertz CT molecular complexity index is 131. The molecule has 1 saturated heterocycles. The summed E-state index contributed by atoms with van der Waals surface area (Å²) in [5.74, 6) is 0.932. The molecule has 0 radical (unpaired) electrons. The Morgan fingerprint density at radius 1 is 1.31 bits per heavy atom. The second-order valence-corrected chi connectivity index (χ2v) is 5.03. The monoisotopic (exact) mass is 248 g/mol. The summed E-state index contributed by atoms with van der Waals surface area (Å²) in [6.07, 6.45) is 2.76. The van der Waals surface area contributed by atoms with Gasteiger partial charge in [-0.1, -0.05) is 15.9 Å². The molecular weight excluding hydrogens is 228 g/mol. The lowest BCUT2D eigenvalue weighted by Gasteiger charge is -2.32. The second-order valence-electron chi connectivity index (χ2n) is 4.24. The first-order chi connectivity index (χ1) is 6.22. The second kappa shape index (κ2) is 5.99. The van der Waals surface area contributed by atoms with Crippen LogP contribution in [0.15, 0.2) is 0 Å². The highest BCUT2D eigenvalue weighted by Crippen LogP contribution is 2.17. The third kappa shape index (κ3) is 4.43. The SMILES string of the molecule is CN(C)CC1CCN(CCBr)CC1. The maximum Gasteiger partial charge on any atom is 0.0159 e. The van der Waals surface area contributed by atoms with Gasteiger partial charge in [0.15, 0.2) is 0 Å². The molecule has 2 nitrogen and oxygen atoms in total. The van der Waals surface area contributed by atoms with Gasteiger partial charge in [-0.25, -0.2) is 0 Å². The van der Waals surface area contributed by atoms with Crippen LogP contribution >= 0.6 is 15.9 Å². The van der Waals surface area contributed by atoms with Crippen LogP contribution in [0.3, 0.4) is 0 Å². The fourth-order valence-corrected chi connectivity index (χ4v) is 2.53. The zero-order valence-electron chi connectivity index (χ0n) is 8.80. The molecule has 0 spiro atoms. The smallest absolute Gasteiger partial charge is 0.0159 e. The highest BCUT2D eigenvalue weighted by atomic mass is 79.9. The van der Waals surface area contributed by atoms with E-state index in [-0.39, 0.29) is 0 Å². The van der Waals surface area contributed by atoms with Crippen molar-refractivity contribution in [1.29, 1.82) is 0 Å². The number of hydrogen-bond acceptors (Lipinski definition) is 2. The van der Waals surface area contributed by atoms with Crippen LogP contribution in [0.5, 0.6) is 0 Å². The first-order valence-electron chi connectivity index (χ1n) is 5.15. The summed E-state index contributed by atoms with van der Waals surface area (Å²) in [4.78, 5) is 4.87. The zero-order valence-corrected chi connectivity index (χ0v) is 10.4. The van der Waals surface area contributed by atoms with Gasteiger partial charge in [0.2, 0.25) is 0 Å². The van der Waals surface area contributed by atoms with Crippen molar-refractivity contribution in [2.75, 3.05) is 45.6 Å². The van der Waals surface area contributed by atoms with Crippen molar-refractivity contribution in [2.45, 2.75) is 12.8 Å². The molecule has 1 fully saturated rings. The van der Waals surface area contributed by atoms with Gasteiger partial charge in [0, 0.05) is 18.4 Å². The normalized spacial score (nSPS) is 21.2. The Hall–Kier alpha value is 0.400. The van der Waals surface area contributed by atoms with Gasteiger partial charge in [-0.3, -0.25) is 0 Å². The van der Waals surface area contributed by atoms with Crippen molar-refractivity contribution in [1.82, 2.24) is 9.80 Å². The first-order valence-corrected chi connectivity index (χ1v) is 6.27. The third-order valence-corrected chi connectivity index (χ3v) is 3.09. The molecular formula is C10H21BrN2. The van der Waals surface area contributed by atoms with Crippen LogP contribution in [0.25, 0.3) is 0 Å². The number of halogens is 1. The average molecular weight is 249 g/mol.